The van der Waals surface area contributed by atoms with Gasteiger partial charge in [0.1, 0.15) is 12.4 Å². The molecule has 0 aliphatic carbocycles. The maximum Gasteiger partial charge on any atom is 0.180 e. The van der Waals surface area contributed by atoms with Crippen molar-refractivity contribution >= 4 is 22.6 Å². The largest absolute Gasteiger partial charge is 0.493 e. The zero-order chi connectivity index (χ0) is 18.5. The maximum absolute atomic E-state index is 6.35. The van der Waals surface area contributed by atoms with Gasteiger partial charge >= 0.3 is 0 Å². The van der Waals surface area contributed by atoms with Crippen molar-refractivity contribution < 1.29 is 9.47 Å². The molecule has 0 saturated carbocycles. The minimum atomic E-state index is 0.0591. The summed E-state index contributed by atoms with van der Waals surface area (Å²) < 4.78 is 11.0. The molecule has 2 aromatic carbocycles. The van der Waals surface area contributed by atoms with Gasteiger partial charge < -0.3 is 19.8 Å². The first-order valence-electron chi connectivity index (χ1n) is 8.40. The summed E-state index contributed by atoms with van der Waals surface area (Å²) in [6.07, 6.45) is 1.67. The number of para-hydroxylation sites is 2. The summed E-state index contributed by atoms with van der Waals surface area (Å²) in [5.74, 6) is 2.03. The molecule has 1 aromatic heterocycles. The fraction of sp³-hybridized carbons (Fsp3) is 0.250. The second-order valence-electron chi connectivity index (χ2n) is 5.95. The van der Waals surface area contributed by atoms with E-state index in [-0.39, 0.29) is 6.04 Å². The van der Waals surface area contributed by atoms with Crippen molar-refractivity contribution in [2.75, 3.05) is 13.7 Å². The highest BCUT2D eigenvalue weighted by Crippen LogP contribution is 2.36. The van der Waals surface area contributed by atoms with Gasteiger partial charge in [-0.2, -0.15) is 0 Å². The highest BCUT2D eigenvalue weighted by molar-refractivity contribution is 6.32. The van der Waals surface area contributed by atoms with Crippen LogP contribution in [0.25, 0.3) is 11.0 Å². The molecule has 0 bridgehead atoms. The van der Waals surface area contributed by atoms with Crippen molar-refractivity contribution in [2.45, 2.75) is 19.5 Å². The van der Waals surface area contributed by atoms with Crippen molar-refractivity contribution in [1.29, 1.82) is 0 Å². The third-order valence-electron chi connectivity index (χ3n) is 4.06. The van der Waals surface area contributed by atoms with Crippen LogP contribution in [0.4, 0.5) is 0 Å². The zero-order valence-electron chi connectivity index (χ0n) is 14.9. The Morgan fingerprint density at radius 1 is 1.35 bits per heavy atom. The second-order valence-corrected chi connectivity index (χ2v) is 6.36. The normalized spacial score (nSPS) is 12.1. The first-order valence-corrected chi connectivity index (χ1v) is 8.78. The number of H-pyrrole nitrogens is 1. The van der Waals surface area contributed by atoms with Crippen molar-refractivity contribution in [1.82, 2.24) is 15.3 Å². The summed E-state index contributed by atoms with van der Waals surface area (Å²) in [7, 11) is 1.60. The van der Waals surface area contributed by atoms with Gasteiger partial charge in [-0.15, -0.1) is 0 Å². The van der Waals surface area contributed by atoms with E-state index in [2.05, 4.69) is 28.8 Å². The van der Waals surface area contributed by atoms with E-state index in [4.69, 9.17) is 21.1 Å². The molecule has 0 saturated heterocycles. The minimum Gasteiger partial charge on any atom is -0.493 e. The van der Waals surface area contributed by atoms with Crippen molar-refractivity contribution in [3.8, 4) is 11.5 Å². The first kappa shape index (κ1) is 18.3. The number of hydrogen-bond acceptors (Lipinski definition) is 4. The highest BCUT2D eigenvalue weighted by atomic mass is 35.5. The molecule has 0 fully saturated rings. The Morgan fingerprint density at radius 2 is 2.15 bits per heavy atom. The third kappa shape index (κ3) is 4.00. The zero-order valence-corrected chi connectivity index (χ0v) is 15.6. The quantitative estimate of drug-likeness (QED) is 0.566. The molecule has 0 spiro atoms. The Balaban J connectivity index is 1.72. The Kier molecular flexibility index (Phi) is 5.81. The number of halogens is 1. The summed E-state index contributed by atoms with van der Waals surface area (Å²) >= 11 is 6.35. The molecule has 0 aliphatic rings. The molecule has 6 heteroatoms. The monoisotopic (exact) mass is 371 g/mol. The van der Waals surface area contributed by atoms with Crippen LogP contribution in [0.2, 0.25) is 5.02 Å². The molecule has 26 heavy (non-hydrogen) atoms. The van der Waals surface area contributed by atoms with Crippen LogP contribution in [-0.2, 0) is 6.54 Å². The fourth-order valence-electron chi connectivity index (χ4n) is 2.70. The highest BCUT2D eigenvalue weighted by Gasteiger charge is 2.14. The van der Waals surface area contributed by atoms with Crippen molar-refractivity contribution in [2.24, 2.45) is 0 Å². The number of aromatic nitrogens is 2. The average molecular weight is 372 g/mol. The molecule has 1 heterocycles. The number of aromatic amines is 1. The molecule has 3 aromatic rings. The lowest BCUT2D eigenvalue weighted by atomic mass is 10.2. The predicted molar refractivity (Wildman–Crippen MR) is 105 cm³/mol. The van der Waals surface area contributed by atoms with Gasteiger partial charge in [0.2, 0.25) is 0 Å². The number of methoxy groups -OCH3 is 1. The Labute approximate surface area is 158 Å². The van der Waals surface area contributed by atoms with E-state index >= 15 is 0 Å². The van der Waals surface area contributed by atoms with Gasteiger partial charge in [0.25, 0.3) is 0 Å². The second kappa shape index (κ2) is 8.25. The molecule has 1 unspecified atom stereocenters. The third-order valence-corrected chi connectivity index (χ3v) is 4.35. The molecular weight excluding hydrogens is 350 g/mol. The van der Waals surface area contributed by atoms with Gasteiger partial charge in [-0.25, -0.2) is 4.98 Å². The summed E-state index contributed by atoms with van der Waals surface area (Å²) in [5.41, 5.74) is 3.00. The average Bonchev–Trinajstić information content (AvgIpc) is 3.09. The van der Waals surface area contributed by atoms with Crippen LogP contribution < -0.4 is 14.8 Å². The Morgan fingerprint density at radius 3 is 2.88 bits per heavy atom. The minimum absolute atomic E-state index is 0.0591. The van der Waals surface area contributed by atoms with Crippen LogP contribution in [0.3, 0.4) is 0 Å². The van der Waals surface area contributed by atoms with Gasteiger partial charge in [0.05, 0.1) is 29.2 Å². The molecular formula is C20H22ClN3O2. The molecule has 136 valence electrons. The number of benzene rings is 2. The lowest BCUT2D eigenvalue weighted by Crippen LogP contribution is -2.19. The van der Waals surface area contributed by atoms with E-state index in [0.29, 0.717) is 29.7 Å². The van der Waals surface area contributed by atoms with Gasteiger partial charge in [-0.1, -0.05) is 36.4 Å². The summed E-state index contributed by atoms with van der Waals surface area (Å²) in [6.45, 7) is 6.70. The molecule has 5 nitrogen and oxygen atoms in total. The van der Waals surface area contributed by atoms with E-state index in [1.807, 2.05) is 36.4 Å². The molecule has 2 N–H and O–H groups in total. The molecule has 0 amide bonds. The number of ether oxygens (including phenoxy) is 2. The number of rotatable bonds is 8. The van der Waals surface area contributed by atoms with E-state index in [1.54, 1.807) is 13.2 Å². The van der Waals surface area contributed by atoms with Crippen LogP contribution in [0.5, 0.6) is 11.5 Å². The van der Waals surface area contributed by atoms with Gasteiger partial charge in [-0.3, -0.25) is 0 Å². The van der Waals surface area contributed by atoms with E-state index in [9.17, 15) is 0 Å². The number of nitrogens with zero attached hydrogens (tertiary/aromatic N) is 1. The maximum atomic E-state index is 6.35. The Bertz CT molecular complexity index is 874. The topological polar surface area (TPSA) is 59.2 Å². The standard InChI is InChI=1S/C20H22ClN3O2/c1-4-9-26-19-15(21)10-14(11-18(19)25-3)12-22-13(2)20-23-16-7-5-6-8-17(16)24-20/h4-8,10-11,13,22H,1,9,12H2,2-3H3,(H,23,24). The lowest BCUT2D eigenvalue weighted by molar-refractivity contribution is 0.326. The summed E-state index contributed by atoms with van der Waals surface area (Å²) in [5, 5.41) is 3.97. The molecule has 3 rings (SSSR count). The van der Waals surface area contributed by atoms with Crippen LogP contribution in [0.1, 0.15) is 24.4 Å². The number of nitrogens with one attached hydrogen (secondary N) is 2. The number of imidazole rings is 1. The van der Waals surface area contributed by atoms with Crippen LogP contribution in [-0.4, -0.2) is 23.7 Å². The number of fused-ring (bicyclic) bond motifs is 1. The van der Waals surface area contributed by atoms with Gasteiger partial charge in [0.15, 0.2) is 11.5 Å². The Hall–Kier alpha value is -2.50. The van der Waals surface area contributed by atoms with Crippen LogP contribution in [0.15, 0.2) is 49.1 Å². The molecule has 1 atom stereocenters. The molecule has 0 aliphatic heterocycles. The van der Waals surface area contributed by atoms with E-state index in [0.717, 1.165) is 22.4 Å². The van der Waals surface area contributed by atoms with Crippen LogP contribution >= 0.6 is 11.6 Å². The van der Waals surface area contributed by atoms with Gasteiger partial charge in [0, 0.05) is 6.54 Å². The predicted octanol–water partition coefficient (Wildman–Crippen LogP) is 4.64. The first-order chi connectivity index (χ1) is 12.6. The fourth-order valence-corrected chi connectivity index (χ4v) is 2.99. The van der Waals surface area contributed by atoms with Crippen molar-refractivity contribution in [3.05, 3.63) is 65.5 Å². The van der Waals surface area contributed by atoms with Crippen molar-refractivity contribution in [3.63, 3.8) is 0 Å². The van der Waals surface area contributed by atoms with E-state index in [1.165, 1.54) is 0 Å². The number of hydrogen-bond donors (Lipinski definition) is 2. The summed E-state index contributed by atoms with van der Waals surface area (Å²) in [4.78, 5) is 7.97. The van der Waals surface area contributed by atoms with Gasteiger partial charge in [-0.05, 0) is 36.8 Å². The smallest absolute Gasteiger partial charge is 0.180 e. The SMILES string of the molecule is C=CCOc1c(Cl)cc(CNC(C)c2nc3ccccc3[nH]2)cc1OC. The molecule has 0 radical (unpaired) electrons. The van der Waals surface area contributed by atoms with Crippen LogP contribution in [0, 0.1) is 0 Å². The van der Waals surface area contributed by atoms with E-state index < -0.39 is 0 Å². The lowest BCUT2D eigenvalue weighted by Gasteiger charge is -2.15. The summed E-state index contributed by atoms with van der Waals surface area (Å²) in [6, 6.07) is 11.8.